The molecule has 8 heteroatoms. The molecule has 1 amide bonds. The SMILES string of the molecule is COC(=O)CCn1c(=NC(=O)C2=COCCO2)sc2ccccc21. The van der Waals surface area contributed by atoms with Crippen LogP contribution in [0.1, 0.15) is 6.42 Å². The third kappa shape index (κ3) is 3.48. The number of carbonyl (C=O) groups is 2. The van der Waals surface area contributed by atoms with E-state index in [2.05, 4.69) is 9.73 Å². The molecular weight excluding hydrogens is 332 g/mol. The third-order valence-corrected chi connectivity index (χ3v) is 4.47. The first-order valence-electron chi connectivity index (χ1n) is 7.38. The summed E-state index contributed by atoms with van der Waals surface area (Å²) in [6.45, 7) is 1.11. The molecule has 1 aliphatic rings. The zero-order chi connectivity index (χ0) is 16.9. The fourth-order valence-corrected chi connectivity index (χ4v) is 3.30. The number of benzene rings is 1. The number of para-hydroxylation sites is 1. The van der Waals surface area contributed by atoms with Crippen molar-refractivity contribution in [3.8, 4) is 0 Å². The molecule has 0 saturated heterocycles. The second-order valence-corrected chi connectivity index (χ2v) is 5.96. The van der Waals surface area contributed by atoms with Crippen LogP contribution in [0.2, 0.25) is 0 Å². The van der Waals surface area contributed by atoms with Gasteiger partial charge in [-0.05, 0) is 12.1 Å². The van der Waals surface area contributed by atoms with Crippen LogP contribution in [0.15, 0.2) is 41.3 Å². The fourth-order valence-electron chi connectivity index (χ4n) is 2.25. The molecule has 0 fully saturated rings. The van der Waals surface area contributed by atoms with Gasteiger partial charge in [0.05, 0.1) is 23.7 Å². The Morgan fingerprint density at radius 3 is 2.92 bits per heavy atom. The van der Waals surface area contributed by atoms with Crippen molar-refractivity contribution in [2.24, 2.45) is 4.99 Å². The molecule has 1 aliphatic heterocycles. The highest BCUT2D eigenvalue weighted by atomic mass is 32.1. The van der Waals surface area contributed by atoms with Crippen LogP contribution in [-0.4, -0.2) is 36.8 Å². The van der Waals surface area contributed by atoms with Crippen LogP contribution in [0.25, 0.3) is 10.2 Å². The fraction of sp³-hybridized carbons (Fsp3) is 0.312. The van der Waals surface area contributed by atoms with Gasteiger partial charge in [0, 0.05) is 6.54 Å². The highest BCUT2D eigenvalue weighted by molar-refractivity contribution is 7.16. The van der Waals surface area contributed by atoms with E-state index in [9.17, 15) is 9.59 Å². The first-order chi connectivity index (χ1) is 11.7. The van der Waals surface area contributed by atoms with Gasteiger partial charge in [0.15, 0.2) is 4.80 Å². The Labute approximate surface area is 141 Å². The first-order valence-corrected chi connectivity index (χ1v) is 8.19. The number of hydrogen-bond donors (Lipinski definition) is 0. The zero-order valence-electron chi connectivity index (χ0n) is 13.1. The maximum Gasteiger partial charge on any atom is 0.317 e. The molecule has 0 N–H and O–H groups in total. The highest BCUT2D eigenvalue weighted by Crippen LogP contribution is 2.17. The van der Waals surface area contributed by atoms with Crippen LogP contribution < -0.4 is 4.80 Å². The maximum absolute atomic E-state index is 12.3. The smallest absolute Gasteiger partial charge is 0.317 e. The summed E-state index contributed by atoms with van der Waals surface area (Å²) in [5.41, 5.74) is 0.910. The summed E-state index contributed by atoms with van der Waals surface area (Å²) in [7, 11) is 1.35. The minimum absolute atomic E-state index is 0.0817. The number of methoxy groups -OCH3 is 1. The number of aromatic nitrogens is 1. The maximum atomic E-state index is 12.3. The number of thiazole rings is 1. The molecular formula is C16H16N2O5S. The number of ether oxygens (including phenoxy) is 3. The van der Waals surface area contributed by atoms with Gasteiger partial charge in [-0.15, -0.1) is 0 Å². The number of amides is 1. The summed E-state index contributed by atoms with van der Waals surface area (Å²) in [6.07, 6.45) is 1.47. The van der Waals surface area contributed by atoms with E-state index in [4.69, 9.17) is 9.47 Å². The van der Waals surface area contributed by atoms with Crippen LogP contribution >= 0.6 is 11.3 Å². The minimum Gasteiger partial charge on any atom is -0.494 e. The largest absolute Gasteiger partial charge is 0.494 e. The van der Waals surface area contributed by atoms with E-state index in [0.29, 0.717) is 24.6 Å². The van der Waals surface area contributed by atoms with Crippen molar-refractivity contribution in [1.29, 1.82) is 0 Å². The summed E-state index contributed by atoms with van der Waals surface area (Å²) in [4.78, 5) is 28.3. The molecule has 2 aromatic rings. The van der Waals surface area contributed by atoms with Crippen molar-refractivity contribution in [2.75, 3.05) is 20.3 Å². The quantitative estimate of drug-likeness (QED) is 0.784. The second-order valence-electron chi connectivity index (χ2n) is 4.95. The van der Waals surface area contributed by atoms with E-state index in [-0.39, 0.29) is 18.1 Å². The number of esters is 1. The monoisotopic (exact) mass is 348 g/mol. The molecule has 24 heavy (non-hydrogen) atoms. The number of carbonyl (C=O) groups excluding carboxylic acids is 2. The van der Waals surface area contributed by atoms with Gasteiger partial charge in [-0.2, -0.15) is 4.99 Å². The van der Waals surface area contributed by atoms with Gasteiger partial charge in [-0.25, -0.2) is 0 Å². The van der Waals surface area contributed by atoms with Gasteiger partial charge in [0.2, 0.25) is 5.76 Å². The summed E-state index contributed by atoms with van der Waals surface area (Å²) in [6, 6.07) is 7.68. The number of nitrogens with zero attached hydrogens (tertiary/aromatic N) is 2. The Kier molecular flexibility index (Phi) is 4.95. The van der Waals surface area contributed by atoms with E-state index in [1.165, 1.54) is 24.7 Å². The van der Waals surface area contributed by atoms with Gasteiger partial charge in [0.25, 0.3) is 0 Å². The van der Waals surface area contributed by atoms with E-state index in [1.807, 2.05) is 28.8 Å². The summed E-state index contributed by atoms with van der Waals surface area (Å²) in [5.74, 6) is -0.743. The number of fused-ring (bicyclic) bond motifs is 1. The number of hydrogen-bond acceptors (Lipinski definition) is 6. The van der Waals surface area contributed by atoms with Crippen molar-refractivity contribution >= 4 is 33.4 Å². The van der Waals surface area contributed by atoms with Gasteiger partial charge in [-0.1, -0.05) is 23.5 Å². The molecule has 0 aliphatic carbocycles. The van der Waals surface area contributed by atoms with E-state index >= 15 is 0 Å². The Morgan fingerprint density at radius 2 is 2.17 bits per heavy atom. The molecule has 3 rings (SSSR count). The topological polar surface area (TPSA) is 79.1 Å². The predicted octanol–water partition coefficient (Wildman–Crippen LogP) is 1.58. The summed E-state index contributed by atoms with van der Waals surface area (Å²) >= 11 is 1.38. The average Bonchev–Trinajstić information content (AvgIpc) is 2.97. The lowest BCUT2D eigenvalue weighted by Crippen LogP contribution is -2.21. The molecule has 1 aromatic heterocycles. The summed E-state index contributed by atoms with van der Waals surface area (Å²) in [5, 5.41) is 0. The van der Waals surface area contributed by atoms with Crippen molar-refractivity contribution in [3.63, 3.8) is 0 Å². The number of rotatable bonds is 4. The third-order valence-electron chi connectivity index (χ3n) is 3.41. The Balaban J connectivity index is 1.99. The Morgan fingerprint density at radius 1 is 1.33 bits per heavy atom. The van der Waals surface area contributed by atoms with Gasteiger partial charge in [0.1, 0.15) is 19.5 Å². The molecule has 2 heterocycles. The van der Waals surface area contributed by atoms with Gasteiger partial charge in [-0.3, -0.25) is 9.59 Å². The zero-order valence-corrected chi connectivity index (χ0v) is 13.9. The van der Waals surface area contributed by atoms with Crippen molar-refractivity contribution in [1.82, 2.24) is 4.57 Å². The normalized spacial score (nSPS) is 14.7. The van der Waals surface area contributed by atoms with Crippen LogP contribution in [0.3, 0.4) is 0 Å². The van der Waals surface area contributed by atoms with Crippen LogP contribution in [-0.2, 0) is 30.3 Å². The first kappa shape index (κ1) is 16.3. The van der Waals surface area contributed by atoms with Crippen LogP contribution in [0, 0.1) is 0 Å². The van der Waals surface area contributed by atoms with Crippen LogP contribution in [0.4, 0.5) is 0 Å². The van der Waals surface area contributed by atoms with E-state index in [0.717, 1.165) is 10.2 Å². The van der Waals surface area contributed by atoms with E-state index in [1.54, 1.807) is 0 Å². The molecule has 7 nitrogen and oxygen atoms in total. The van der Waals surface area contributed by atoms with E-state index < -0.39 is 5.91 Å². The molecule has 0 radical (unpaired) electrons. The number of aryl methyl sites for hydroxylation is 1. The van der Waals surface area contributed by atoms with Gasteiger partial charge < -0.3 is 18.8 Å². The molecule has 1 aromatic carbocycles. The average molecular weight is 348 g/mol. The molecule has 126 valence electrons. The molecule has 0 saturated carbocycles. The molecule has 0 atom stereocenters. The summed E-state index contributed by atoms with van der Waals surface area (Å²) < 4.78 is 17.8. The van der Waals surface area contributed by atoms with Crippen LogP contribution in [0.5, 0.6) is 0 Å². The molecule has 0 spiro atoms. The van der Waals surface area contributed by atoms with Crippen molar-refractivity contribution < 1.29 is 23.8 Å². The van der Waals surface area contributed by atoms with Gasteiger partial charge >= 0.3 is 11.9 Å². The van der Waals surface area contributed by atoms with Crippen molar-refractivity contribution in [3.05, 3.63) is 41.1 Å². The Hall–Kier alpha value is -2.61. The lowest BCUT2D eigenvalue weighted by molar-refractivity contribution is -0.140. The lowest BCUT2D eigenvalue weighted by atomic mass is 10.3. The standard InChI is InChI=1S/C16H16N2O5S/c1-21-14(19)6-7-18-11-4-2-3-5-13(11)24-16(18)17-15(20)12-10-22-8-9-23-12/h2-5,10H,6-9H2,1H3. The minimum atomic E-state index is -0.506. The second kappa shape index (κ2) is 7.31. The molecule has 0 unspecified atom stereocenters. The predicted molar refractivity (Wildman–Crippen MR) is 87.0 cm³/mol. The molecule has 0 bridgehead atoms. The highest BCUT2D eigenvalue weighted by Gasteiger charge is 2.16. The lowest BCUT2D eigenvalue weighted by Gasteiger charge is -2.12. The Bertz CT molecular complexity index is 865. The van der Waals surface area contributed by atoms with Crippen molar-refractivity contribution in [2.45, 2.75) is 13.0 Å².